The minimum Gasteiger partial charge on any atom is -0.379 e. The average Bonchev–Trinajstić information content (AvgIpc) is 2.54. The Morgan fingerprint density at radius 1 is 1.32 bits per heavy atom. The third-order valence-corrected chi connectivity index (χ3v) is 4.00. The van der Waals surface area contributed by atoms with Crippen molar-refractivity contribution in [3.05, 3.63) is 29.3 Å². The molecule has 2 rings (SSSR count). The lowest BCUT2D eigenvalue weighted by Crippen LogP contribution is -2.41. The second kappa shape index (κ2) is 8.88. The van der Waals surface area contributed by atoms with Crippen LogP contribution in [0.4, 0.5) is 5.69 Å². The minimum atomic E-state index is 0.0194. The molecule has 5 nitrogen and oxygen atoms in total. The number of carbonyl (C=O) groups is 1. The van der Waals surface area contributed by atoms with Crippen LogP contribution in [0.2, 0.25) is 0 Å². The van der Waals surface area contributed by atoms with E-state index in [1.165, 1.54) is 5.56 Å². The highest BCUT2D eigenvalue weighted by atomic mass is 16.5. The second-order valence-electron chi connectivity index (χ2n) is 5.64. The van der Waals surface area contributed by atoms with Gasteiger partial charge in [0.2, 0.25) is 5.91 Å². The maximum absolute atomic E-state index is 12.1. The summed E-state index contributed by atoms with van der Waals surface area (Å²) in [6, 6.07) is 6.12. The third kappa shape index (κ3) is 5.09. The van der Waals surface area contributed by atoms with Gasteiger partial charge in [-0.3, -0.25) is 9.69 Å². The monoisotopic (exact) mass is 305 g/mol. The van der Waals surface area contributed by atoms with Crippen molar-refractivity contribution in [2.45, 2.75) is 20.3 Å². The van der Waals surface area contributed by atoms with Crippen LogP contribution in [0, 0.1) is 6.92 Å². The first-order chi connectivity index (χ1) is 10.7. The van der Waals surface area contributed by atoms with Crippen molar-refractivity contribution in [3.63, 3.8) is 0 Å². The molecule has 1 aromatic carbocycles. The van der Waals surface area contributed by atoms with Crippen molar-refractivity contribution >= 4 is 11.6 Å². The number of nitrogens with one attached hydrogen (secondary N) is 2. The van der Waals surface area contributed by atoms with Gasteiger partial charge < -0.3 is 15.4 Å². The van der Waals surface area contributed by atoms with Gasteiger partial charge >= 0.3 is 0 Å². The molecule has 0 aromatic heterocycles. The fourth-order valence-corrected chi connectivity index (χ4v) is 2.65. The van der Waals surface area contributed by atoms with Gasteiger partial charge in [-0.15, -0.1) is 0 Å². The number of benzene rings is 1. The van der Waals surface area contributed by atoms with Crippen LogP contribution < -0.4 is 10.6 Å². The molecule has 0 bridgehead atoms. The van der Waals surface area contributed by atoms with E-state index < -0.39 is 0 Å². The number of hydrogen-bond donors (Lipinski definition) is 2. The number of anilines is 1. The zero-order valence-corrected chi connectivity index (χ0v) is 13.7. The van der Waals surface area contributed by atoms with E-state index >= 15 is 0 Å². The Labute approximate surface area is 133 Å². The molecule has 0 unspecified atom stereocenters. The fraction of sp³-hybridized carbons (Fsp3) is 0.588. The van der Waals surface area contributed by atoms with Crippen LogP contribution in [-0.4, -0.2) is 56.7 Å². The lowest BCUT2D eigenvalue weighted by Gasteiger charge is -2.26. The zero-order chi connectivity index (χ0) is 15.8. The van der Waals surface area contributed by atoms with Crippen LogP contribution in [0.3, 0.4) is 0 Å². The molecular weight excluding hydrogens is 278 g/mol. The Bertz CT molecular complexity index is 485. The second-order valence-corrected chi connectivity index (χ2v) is 5.64. The third-order valence-electron chi connectivity index (χ3n) is 4.00. The van der Waals surface area contributed by atoms with E-state index in [1.807, 2.05) is 19.1 Å². The molecule has 1 aliphatic heterocycles. The highest BCUT2D eigenvalue weighted by Crippen LogP contribution is 2.20. The Kier molecular flexibility index (Phi) is 6.83. The van der Waals surface area contributed by atoms with Gasteiger partial charge in [0.25, 0.3) is 0 Å². The molecule has 1 aliphatic rings. The van der Waals surface area contributed by atoms with Crippen molar-refractivity contribution < 1.29 is 9.53 Å². The maximum atomic E-state index is 12.1. The number of amides is 1. The summed E-state index contributed by atoms with van der Waals surface area (Å²) < 4.78 is 5.32. The quantitative estimate of drug-likeness (QED) is 0.748. The minimum absolute atomic E-state index is 0.0194. The van der Waals surface area contributed by atoms with Crippen LogP contribution in [-0.2, 0) is 16.0 Å². The smallest absolute Gasteiger partial charge is 0.238 e. The number of nitrogens with zero attached hydrogens (tertiary/aromatic N) is 1. The standard InChI is InChI=1S/C17H27N3O2/c1-3-15-6-4-5-14(2)17(15)19-16(21)13-18-7-8-20-9-11-22-12-10-20/h4-6,18H,3,7-13H2,1-2H3,(H,19,21). The van der Waals surface area contributed by atoms with E-state index in [4.69, 9.17) is 4.74 Å². The number of ether oxygens (including phenoxy) is 1. The SMILES string of the molecule is CCc1cccc(C)c1NC(=O)CNCCN1CCOCC1. The normalized spacial score (nSPS) is 15.7. The van der Waals surface area contributed by atoms with E-state index in [1.54, 1.807) is 0 Å². The van der Waals surface area contributed by atoms with E-state index in [2.05, 4.69) is 28.5 Å². The summed E-state index contributed by atoms with van der Waals surface area (Å²) in [5.74, 6) is 0.0194. The summed E-state index contributed by atoms with van der Waals surface area (Å²) >= 11 is 0. The van der Waals surface area contributed by atoms with Gasteiger partial charge in [-0.25, -0.2) is 0 Å². The highest BCUT2D eigenvalue weighted by Gasteiger charge is 2.10. The highest BCUT2D eigenvalue weighted by molar-refractivity contribution is 5.93. The number of carbonyl (C=O) groups excluding carboxylic acids is 1. The zero-order valence-electron chi connectivity index (χ0n) is 13.7. The molecule has 0 aliphatic carbocycles. The van der Waals surface area contributed by atoms with Crippen LogP contribution in [0.1, 0.15) is 18.1 Å². The van der Waals surface area contributed by atoms with E-state index in [0.717, 1.165) is 57.1 Å². The predicted molar refractivity (Wildman–Crippen MR) is 89.3 cm³/mol. The summed E-state index contributed by atoms with van der Waals surface area (Å²) in [5.41, 5.74) is 3.26. The molecule has 22 heavy (non-hydrogen) atoms. The Hall–Kier alpha value is -1.43. The van der Waals surface area contributed by atoms with Crippen LogP contribution in [0.5, 0.6) is 0 Å². The van der Waals surface area contributed by atoms with Crippen molar-refractivity contribution in [1.82, 2.24) is 10.2 Å². The van der Waals surface area contributed by atoms with Gasteiger partial charge in [-0.2, -0.15) is 0 Å². The van der Waals surface area contributed by atoms with E-state index in [9.17, 15) is 4.79 Å². The summed E-state index contributed by atoms with van der Waals surface area (Å²) in [5, 5.41) is 6.25. The lowest BCUT2D eigenvalue weighted by molar-refractivity contribution is -0.115. The Morgan fingerprint density at radius 2 is 2.09 bits per heavy atom. The topological polar surface area (TPSA) is 53.6 Å². The van der Waals surface area contributed by atoms with Gasteiger partial charge in [-0.1, -0.05) is 25.1 Å². The molecule has 2 N–H and O–H groups in total. The Morgan fingerprint density at radius 3 is 2.82 bits per heavy atom. The van der Waals surface area contributed by atoms with Crippen molar-refractivity contribution in [2.24, 2.45) is 0 Å². The molecule has 1 saturated heterocycles. The lowest BCUT2D eigenvalue weighted by atomic mass is 10.1. The molecule has 1 heterocycles. The molecule has 1 fully saturated rings. The number of aryl methyl sites for hydroxylation is 2. The van der Waals surface area contributed by atoms with Crippen LogP contribution in [0.15, 0.2) is 18.2 Å². The molecule has 1 amide bonds. The fourth-order valence-electron chi connectivity index (χ4n) is 2.65. The van der Waals surface area contributed by atoms with Crippen molar-refractivity contribution in [3.8, 4) is 0 Å². The molecule has 1 aromatic rings. The molecule has 0 spiro atoms. The first kappa shape index (κ1) is 16.9. The summed E-state index contributed by atoms with van der Waals surface area (Å²) in [4.78, 5) is 14.4. The van der Waals surface area contributed by atoms with Gasteiger partial charge in [0.05, 0.1) is 19.8 Å². The van der Waals surface area contributed by atoms with Crippen LogP contribution in [0.25, 0.3) is 0 Å². The average molecular weight is 305 g/mol. The first-order valence-electron chi connectivity index (χ1n) is 8.10. The van der Waals surface area contributed by atoms with Gasteiger partial charge in [0.15, 0.2) is 0 Å². The van der Waals surface area contributed by atoms with Crippen LogP contribution >= 0.6 is 0 Å². The number of morpholine rings is 1. The summed E-state index contributed by atoms with van der Waals surface area (Å²) in [7, 11) is 0. The molecule has 0 radical (unpaired) electrons. The largest absolute Gasteiger partial charge is 0.379 e. The molecule has 0 saturated carbocycles. The maximum Gasteiger partial charge on any atom is 0.238 e. The number of hydrogen-bond acceptors (Lipinski definition) is 4. The summed E-state index contributed by atoms with van der Waals surface area (Å²) in [6.45, 7) is 9.85. The van der Waals surface area contributed by atoms with Gasteiger partial charge in [0.1, 0.15) is 0 Å². The van der Waals surface area contributed by atoms with Crippen molar-refractivity contribution in [1.29, 1.82) is 0 Å². The molecule has 5 heteroatoms. The van der Waals surface area contributed by atoms with Crippen molar-refractivity contribution in [2.75, 3.05) is 51.3 Å². The number of rotatable bonds is 7. The Balaban J connectivity index is 1.71. The van der Waals surface area contributed by atoms with E-state index in [0.29, 0.717) is 6.54 Å². The predicted octanol–water partition coefficient (Wildman–Crippen LogP) is 1.42. The molecule has 0 atom stereocenters. The first-order valence-corrected chi connectivity index (χ1v) is 8.10. The number of para-hydroxylation sites is 1. The molecular formula is C17H27N3O2. The van der Waals surface area contributed by atoms with Gasteiger partial charge in [0, 0.05) is 31.9 Å². The van der Waals surface area contributed by atoms with Gasteiger partial charge in [-0.05, 0) is 24.5 Å². The van der Waals surface area contributed by atoms with E-state index in [-0.39, 0.29) is 5.91 Å². The summed E-state index contributed by atoms with van der Waals surface area (Å²) in [6.07, 6.45) is 0.918. The molecule has 122 valence electrons.